The molecule has 1 aromatic heterocycles. The standard InChI is InChI=1S/C52H32S/c1-2-14-33(15-3-1)34-16-12-18-37(30-34)49-42-23-7-9-25-44(42)50(45-26-10-8-24-43(45)49)38-19-13-17-35(31-38)36-28-29-47-48(32-36)53-52-46-27-11-5-21-40(46)39-20-4-6-22-41(39)51(47)52/h1-32H. The molecule has 0 N–H and O–H groups in total. The maximum Gasteiger partial charge on any atom is 0.0440 e. The van der Waals surface area contributed by atoms with Gasteiger partial charge in [0, 0.05) is 25.6 Å². The van der Waals surface area contributed by atoms with E-state index in [1.54, 1.807) is 0 Å². The Labute approximate surface area is 311 Å². The van der Waals surface area contributed by atoms with Gasteiger partial charge in [0.15, 0.2) is 0 Å². The molecule has 0 saturated carbocycles. The maximum atomic E-state index is 2.40. The number of thiophene rings is 1. The first-order valence-electron chi connectivity index (χ1n) is 18.3. The molecule has 1 heteroatoms. The van der Waals surface area contributed by atoms with Crippen molar-refractivity contribution < 1.29 is 0 Å². The summed E-state index contributed by atoms with van der Waals surface area (Å²) in [6.45, 7) is 0. The Balaban J connectivity index is 1.10. The number of hydrogen-bond acceptors (Lipinski definition) is 1. The van der Waals surface area contributed by atoms with Gasteiger partial charge in [0.05, 0.1) is 0 Å². The Morgan fingerprint density at radius 2 is 0.660 bits per heavy atom. The quantitative estimate of drug-likeness (QED) is 0.128. The third-order valence-corrected chi connectivity index (χ3v) is 12.2. The van der Waals surface area contributed by atoms with Gasteiger partial charge < -0.3 is 0 Å². The van der Waals surface area contributed by atoms with Gasteiger partial charge in [-0.1, -0.05) is 176 Å². The molecule has 0 aliphatic rings. The number of hydrogen-bond donors (Lipinski definition) is 0. The molecule has 0 amide bonds. The second-order valence-electron chi connectivity index (χ2n) is 14.0. The van der Waals surface area contributed by atoms with Gasteiger partial charge in [-0.2, -0.15) is 0 Å². The van der Waals surface area contributed by atoms with Gasteiger partial charge in [-0.05, 0) is 100 Å². The van der Waals surface area contributed by atoms with Gasteiger partial charge in [-0.15, -0.1) is 11.3 Å². The van der Waals surface area contributed by atoms with Crippen molar-refractivity contribution in [2.45, 2.75) is 0 Å². The lowest BCUT2D eigenvalue weighted by Crippen LogP contribution is -1.91. The van der Waals surface area contributed by atoms with Gasteiger partial charge in [0.2, 0.25) is 0 Å². The molecule has 0 spiro atoms. The third kappa shape index (κ3) is 4.75. The number of fused-ring (bicyclic) bond motifs is 10. The minimum Gasteiger partial charge on any atom is -0.134 e. The van der Waals surface area contributed by atoms with Crippen LogP contribution in [0.2, 0.25) is 0 Å². The molecule has 10 aromatic carbocycles. The summed E-state index contributed by atoms with van der Waals surface area (Å²) in [6.07, 6.45) is 0. The summed E-state index contributed by atoms with van der Waals surface area (Å²) in [6, 6.07) is 71.5. The van der Waals surface area contributed by atoms with Gasteiger partial charge in [-0.3, -0.25) is 0 Å². The van der Waals surface area contributed by atoms with Crippen LogP contribution in [0.3, 0.4) is 0 Å². The van der Waals surface area contributed by atoms with Crippen molar-refractivity contribution in [1.82, 2.24) is 0 Å². The van der Waals surface area contributed by atoms with E-state index in [1.165, 1.54) is 108 Å². The molecule has 246 valence electrons. The molecule has 0 aliphatic carbocycles. The van der Waals surface area contributed by atoms with Crippen LogP contribution in [-0.4, -0.2) is 0 Å². The lowest BCUT2D eigenvalue weighted by molar-refractivity contribution is 1.61. The highest BCUT2D eigenvalue weighted by molar-refractivity contribution is 7.27. The van der Waals surface area contributed by atoms with Crippen LogP contribution in [0.4, 0.5) is 0 Å². The van der Waals surface area contributed by atoms with Crippen molar-refractivity contribution in [2.75, 3.05) is 0 Å². The first kappa shape index (κ1) is 30.1. The summed E-state index contributed by atoms with van der Waals surface area (Å²) >= 11 is 1.92. The lowest BCUT2D eigenvalue weighted by atomic mass is 9.85. The Morgan fingerprint density at radius 3 is 1.25 bits per heavy atom. The Hall–Kier alpha value is -6.54. The topological polar surface area (TPSA) is 0 Å². The Morgan fingerprint density at radius 1 is 0.245 bits per heavy atom. The Bertz CT molecular complexity index is 3160. The summed E-state index contributed by atoms with van der Waals surface area (Å²) in [4.78, 5) is 0. The second kappa shape index (κ2) is 12.0. The molecule has 0 bridgehead atoms. The average Bonchev–Trinajstić information content (AvgIpc) is 3.63. The van der Waals surface area contributed by atoms with Crippen molar-refractivity contribution in [1.29, 1.82) is 0 Å². The lowest BCUT2D eigenvalue weighted by Gasteiger charge is -2.18. The first-order chi connectivity index (χ1) is 26.3. The van der Waals surface area contributed by atoms with E-state index in [-0.39, 0.29) is 0 Å². The van der Waals surface area contributed by atoms with Gasteiger partial charge in [0.1, 0.15) is 0 Å². The molecule has 0 unspecified atom stereocenters. The van der Waals surface area contributed by atoms with E-state index < -0.39 is 0 Å². The van der Waals surface area contributed by atoms with E-state index in [2.05, 4.69) is 194 Å². The molecule has 0 aliphatic heterocycles. The van der Waals surface area contributed by atoms with E-state index in [9.17, 15) is 0 Å². The fraction of sp³-hybridized carbons (Fsp3) is 0. The summed E-state index contributed by atoms with van der Waals surface area (Å²) < 4.78 is 2.69. The molecule has 53 heavy (non-hydrogen) atoms. The van der Waals surface area contributed by atoms with Gasteiger partial charge in [0.25, 0.3) is 0 Å². The van der Waals surface area contributed by atoms with E-state index in [0.717, 1.165) is 0 Å². The van der Waals surface area contributed by atoms with Gasteiger partial charge >= 0.3 is 0 Å². The zero-order chi connectivity index (χ0) is 34.9. The Kier molecular flexibility index (Phi) is 6.83. The van der Waals surface area contributed by atoms with Crippen LogP contribution >= 0.6 is 11.3 Å². The van der Waals surface area contributed by atoms with E-state index in [0.29, 0.717) is 0 Å². The fourth-order valence-corrected chi connectivity index (χ4v) is 9.97. The number of benzene rings is 10. The normalized spacial score (nSPS) is 11.8. The van der Waals surface area contributed by atoms with Crippen LogP contribution in [0.25, 0.3) is 108 Å². The van der Waals surface area contributed by atoms with Crippen molar-refractivity contribution in [3.63, 3.8) is 0 Å². The van der Waals surface area contributed by atoms with Crippen LogP contribution < -0.4 is 0 Å². The second-order valence-corrected chi connectivity index (χ2v) is 15.0. The molecule has 11 aromatic rings. The zero-order valence-corrected chi connectivity index (χ0v) is 29.7. The third-order valence-electron chi connectivity index (χ3n) is 11.0. The predicted molar refractivity (Wildman–Crippen MR) is 231 cm³/mol. The highest BCUT2D eigenvalue weighted by atomic mass is 32.1. The highest BCUT2D eigenvalue weighted by Gasteiger charge is 2.18. The summed E-state index contributed by atoms with van der Waals surface area (Å²) in [5.41, 5.74) is 9.94. The maximum absolute atomic E-state index is 2.40. The summed E-state index contributed by atoms with van der Waals surface area (Å²) in [5.74, 6) is 0. The first-order valence-corrected chi connectivity index (χ1v) is 19.1. The zero-order valence-electron chi connectivity index (χ0n) is 28.9. The SMILES string of the molecule is c1ccc(-c2cccc(-c3c4ccccc4c(-c4cccc(-c5ccc6c(c5)sc5c7ccccc7c7ccccc7c65)c4)c4ccccc34)c2)cc1. The number of rotatable bonds is 4. The predicted octanol–water partition coefficient (Wildman–Crippen LogP) is 15.3. The fourth-order valence-electron chi connectivity index (χ4n) is 8.67. The van der Waals surface area contributed by atoms with Crippen LogP contribution in [0.5, 0.6) is 0 Å². The van der Waals surface area contributed by atoms with Crippen LogP contribution in [0, 0.1) is 0 Å². The van der Waals surface area contributed by atoms with Crippen LogP contribution in [0.1, 0.15) is 0 Å². The largest absolute Gasteiger partial charge is 0.134 e. The monoisotopic (exact) mass is 688 g/mol. The van der Waals surface area contributed by atoms with E-state index in [1.807, 2.05) is 11.3 Å². The molecule has 1 heterocycles. The van der Waals surface area contributed by atoms with Crippen molar-refractivity contribution >= 4 is 74.6 Å². The van der Waals surface area contributed by atoms with Gasteiger partial charge in [-0.25, -0.2) is 0 Å². The minimum atomic E-state index is 1.23. The van der Waals surface area contributed by atoms with Crippen LogP contribution in [0.15, 0.2) is 194 Å². The van der Waals surface area contributed by atoms with Crippen LogP contribution in [-0.2, 0) is 0 Å². The molecule has 11 rings (SSSR count). The molecule has 0 radical (unpaired) electrons. The van der Waals surface area contributed by atoms with E-state index in [4.69, 9.17) is 0 Å². The van der Waals surface area contributed by atoms with Crippen molar-refractivity contribution in [3.8, 4) is 44.5 Å². The molecule has 0 atom stereocenters. The summed E-state index contributed by atoms with van der Waals surface area (Å²) in [7, 11) is 0. The molecule has 0 saturated heterocycles. The molecule has 0 nitrogen and oxygen atoms in total. The molecular weight excluding hydrogens is 657 g/mol. The van der Waals surface area contributed by atoms with Crippen molar-refractivity contribution in [2.24, 2.45) is 0 Å². The summed E-state index contributed by atoms with van der Waals surface area (Å²) in [5, 5.41) is 13.1. The smallest absolute Gasteiger partial charge is 0.0440 e. The minimum absolute atomic E-state index is 1.23. The highest BCUT2D eigenvalue weighted by Crippen LogP contribution is 2.47. The molecular formula is C52H32S. The van der Waals surface area contributed by atoms with E-state index >= 15 is 0 Å². The average molecular weight is 689 g/mol. The van der Waals surface area contributed by atoms with Crippen molar-refractivity contribution in [3.05, 3.63) is 194 Å². The molecule has 0 fully saturated rings.